The molecule has 1 aromatic heterocycles. The summed E-state index contributed by atoms with van der Waals surface area (Å²) in [6.45, 7) is 0.0407. The zero-order valence-corrected chi connectivity index (χ0v) is 7.76. The lowest BCUT2D eigenvalue weighted by Gasteiger charge is -2.01. The molecule has 0 spiro atoms. The van der Waals surface area contributed by atoms with Gasteiger partial charge in [0.05, 0.1) is 12.5 Å². The highest BCUT2D eigenvalue weighted by atomic mass is 16.5. The smallest absolute Gasteiger partial charge is 0.233 e. The van der Waals surface area contributed by atoms with Gasteiger partial charge in [0.2, 0.25) is 5.89 Å². The average Bonchev–Trinajstić information content (AvgIpc) is 2.74. The Labute approximate surface area is 81.6 Å². The Balaban J connectivity index is 2.06. The van der Waals surface area contributed by atoms with Crippen LogP contribution in [0.1, 0.15) is 24.1 Å². The number of aliphatic hydroxyl groups is 1. The molecule has 0 radical (unpaired) electrons. The fraction of sp³-hybridized carbons (Fsp3) is 0.556. The number of nitrogens with zero attached hydrogens (tertiary/aromatic N) is 2. The Hall–Kier alpha value is -1.20. The standard InChI is InChI=1S/C9H13N3O2/c10-7-2-1-6(5-7)9-11-8(3-4-13)12-14-9/h1-2,6-7,13H,3-5,10H2. The Morgan fingerprint density at radius 2 is 2.43 bits per heavy atom. The molecular formula is C9H13N3O2. The minimum atomic E-state index is 0.0407. The second kappa shape index (κ2) is 3.89. The minimum Gasteiger partial charge on any atom is -0.396 e. The van der Waals surface area contributed by atoms with Crippen LogP contribution in [0.2, 0.25) is 0 Å². The first-order valence-electron chi connectivity index (χ1n) is 4.67. The monoisotopic (exact) mass is 195 g/mol. The van der Waals surface area contributed by atoms with E-state index in [0.29, 0.717) is 18.1 Å². The molecule has 0 aliphatic heterocycles. The maximum Gasteiger partial charge on any atom is 0.233 e. The van der Waals surface area contributed by atoms with E-state index >= 15 is 0 Å². The quantitative estimate of drug-likeness (QED) is 0.662. The third kappa shape index (κ3) is 1.83. The summed E-state index contributed by atoms with van der Waals surface area (Å²) < 4.78 is 5.07. The van der Waals surface area contributed by atoms with Crippen molar-refractivity contribution >= 4 is 0 Å². The van der Waals surface area contributed by atoms with Gasteiger partial charge in [0.15, 0.2) is 5.82 Å². The van der Waals surface area contributed by atoms with Crippen LogP contribution in [0.25, 0.3) is 0 Å². The van der Waals surface area contributed by atoms with Crippen molar-refractivity contribution in [1.29, 1.82) is 0 Å². The minimum absolute atomic E-state index is 0.0407. The summed E-state index contributed by atoms with van der Waals surface area (Å²) in [6, 6.07) is 0.0909. The van der Waals surface area contributed by atoms with Crippen molar-refractivity contribution in [2.45, 2.75) is 24.8 Å². The first kappa shape index (κ1) is 9.36. The predicted octanol–water partition coefficient (Wildman–Crippen LogP) is -0.0248. The molecular weight excluding hydrogens is 182 g/mol. The Kier molecular flexibility index (Phi) is 2.60. The molecule has 14 heavy (non-hydrogen) atoms. The van der Waals surface area contributed by atoms with Crippen LogP contribution in [0.15, 0.2) is 16.7 Å². The zero-order valence-electron chi connectivity index (χ0n) is 7.76. The third-order valence-electron chi connectivity index (χ3n) is 2.25. The highest BCUT2D eigenvalue weighted by Crippen LogP contribution is 2.26. The first-order chi connectivity index (χ1) is 6.79. The summed E-state index contributed by atoms with van der Waals surface area (Å²) in [5.41, 5.74) is 5.71. The van der Waals surface area contributed by atoms with Gasteiger partial charge in [-0.25, -0.2) is 0 Å². The number of rotatable bonds is 3. The van der Waals surface area contributed by atoms with Crippen LogP contribution in [0.4, 0.5) is 0 Å². The fourth-order valence-corrected chi connectivity index (χ4v) is 1.53. The SMILES string of the molecule is NC1C=CC(c2nc(CCO)no2)C1. The van der Waals surface area contributed by atoms with Gasteiger partial charge in [-0.2, -0.15) is 4.98 Å². The van der Waals surface area contributed by atoms with E-state index < -0.39 is 0 Å². The summed E-state index contributed by atoms with van der Waals surface area (Å²) in [5, 5.41) is 12.4. The second-order valence-corrected chi connectivity index (χ2v) is 3.41. The van der Waals surface area contributed by atoms with Gasteiger partial charge in [0.1, 0.15) is 0 Å². The number of allylic oxidation sites excluding steroid dienone is 1. The van der Waals surface area contributed by atoms with Crippen molar-refractivity contribution in [3.8, 4) is 0 Å². The number of hydrogen-bond donors (Lipinski definition) is 2. The molecule has 0 amide bonds. The average molecular weight is 195 g/mol. The highest BCUT2D eigenvalue weighted by Gasteiger charge is 2.22. The summed E-state index contributed by atoms with van der Waals surface area (Å²) in [5.74, 6) is 1.29. The van der Waals surface area contributed by atoms with Crippen molar-refractivity contribution in [2.75, 3.05) is 6.61 Å². The molecule has 0 aromatic carbocycles. The topological polar surface area (TPSA) is 85.2 Å². The maximum absolute atomic E-state index is 8.68. The lowest BCUT2D eigenvalue weighted by Crippen LogP contribution is -2.14. The number of nitrogens with two attached hydrogens (primary N) is 1. The van der Waals surface area contributed by atoms with Gasteiger partial charge in [-0.15, -0.1) is 0 Å². The summed E-state index contributed by atoms with van der Waals surface area (Å²) in [4.78, 5) is 4.17. The molecule has 1 heterocycles. The van der Waals surface area contributed by atoms with Crippen molar-refractivity contribution in [3.05, 3.63) is 23.9 Å². The van der Waals surface area contributed by atoms with Gasteiger partial charge in [-0.1, -0.05) is 17.3 Å². The zero-order chi connectivity index (χ0) is 9.97. The molecule has 1 aromatic rings. The van der Waals surface area contributed by atoms with Crippen molar-refractivity contribution < 1.29 is 9.63 Å². The lowest BCUT2D eigenvalue weighted by molar-refractivity contribution is 0.292. The number of aliphatic hydroxyl groups excluding tert-OH is 1. The van der Waals surface area contributed by atoms with Crippen LogP contribution in [0.3, 0.4) is 0 Å². The fourth-order valence-electron chi connectivity index (χ4n) is 1.53. The molecule has 2 atom stereocenters. The first-order valence-corrected chi connectivity index (χ1v) is 4.67. The molecule has 1 aliphatic rings. The second-order valence-electron chi connectivity index (χ2n) is 3.41. The van der Waals surface area contributed by atoms with Gasteiger partial charge in [-0.05, 0) is 6.42 Å². The highest BCUT2D eigenvalue weighted by molar-refractivity contribution is 5.15. The predicted molar refractivity (Wildman–Crippen MR) is 49.6 cm³/mol. The van der Waals surface area contributed by atoms with E-state index in [-0.39, 0.29) is 18.6 Å². The van der Waals surface area contributed by atoms with E-state index in [0.717, 1.165) is 6.42 Å². The van der Waals surface area contributed by atoms with E-state index in [1.54, 1.807) is 0 Å². The molecule has 2 unspecified atom stereocenters. The molecule has 0 bridgehead atoms. The van der Waals surface area contributed by atoms with Crippen molar-refractivity contribution in [1.82, 2.24) is 10.1 Å². The molecule has 0 fully saturated rings. The molecule has 0 saturated heterocycles. The van der Waals surface area contributed by atoms with Gasteiger partial charge >= 0.3 is 0 Å². The molecule has 1 aliphatic carbocycles. The molecule has 5 nitrogen and oxygen atoms in total. The van der Waals surface area contributed by atoms with E-state index in [4.69, 9.17) is 15.4 Å². The van der Waals surface area contributed by atoms with Gasteiger partial charge < -0.3 is 15.4 Å². The largest absolute Gasteiger partial charge is 0.396 e. The van der Waals surface area contributed by atoms with Crippen LogP contribution in [-0.4, -0.2) is 27.9 Å². The molecule has 5 heteroatoms. The van der Waals surface area contributed by atoms with Crippen LogP contribution in [0, 0.1) is 0 Å². The Morgan fingerprint density at radius 1 is 1.57 bits per heavy atom. The molecule has 0 saturated carbocycles. The summed E-state index contributed by atoms with van der Waals surface area (Å²) in [6.07, 6.45) is 5.19. The number of aromatic nitrogens is 2. The lowest BCUT2D eigenvalue weighted by atomic mass is 10.1. The van der Waals surface area contributed by atoms with Gasteiger partial charge in [0.25, 0.3) is 0 Å². The van der Waals surface area contributed by atoms with Gasteiger partial charge in [0, 0.05) is 12.5 Å². The van der Waals surface area contributed by atoms with E-state index in [1.807, 2.05) is 12.2 Å². The van der Waals surface area contributed by atoms with Gasteiger partial charge in [-0.3, -0.25) is 0 Å². The van der Waals surface area contributed by atoms with E-state index in [9.17, 15) is 0 Å². The van der Waals surface area contributed by atoms with Crippen molar-refractivity contribution in [2.24, 2.45) is 5.73 Å². The number of hydrogen-bond acceptors (Lipinski definition) is 5. The third-order valence-corrected chi connectivity index (χ3v) is 2.25. The van der Waals surface area contributed by atoms with E-state index in [2.05, 4.69) is 10.1 Å². The molecule has 2 rings (SSSR count). The Morgan fingerprint density at radius 3 is 3.07 bits per heavy atom. The van der Waals surface area contributed by atoms with Crippen molar-refractivity contribution in [3.63, 3.8) is 0 Å². The van der Waals surface area contributed by atoms with Crippen LogP contribution < -0.4 is 5.73 Å². The summed E-state index contributed by atoms with van der Waals surface area (Å²) in [7, 11) is 0. The van der Waals surface area contributed by atoms with Crippen LogP contribution >= 0.6 is 0 Å². The normalized spacial score (nSPS) is 25.9. The molecule has 3 N–H and O–H groups in total. The summed E-state index contributed by atoms with van der Waals surface area (Å²) >= 11 is 0. The van der Waals surface area contributed by atoms with Crippen LogP contribution in [0.5, 0.6) is 0 Å². The maximum atomic E-state index is 8.68. The van der Waals surface area contributed by atoms with E-state index in [1.165, 1.54) is 0 Å². The van der Waals surface area contributed by atoms with Crippen LogP contribution in [-0.2, 0) is 6.42 Å². The Bertz CT molecular complexity index is 335. The molecule has 76 valence electrons.